The van der Waals surface area contributed by atoms with Gasteiger partial charge in [0.05, 0.1) is 0 Å². The Kier molecular flexibility index (Phi) is 9.42. The van der Waals surface area contributed by atoms with E-state index >= 15 is 0 Å². The van der Waals surface area contributed by atoms with E-state index in [2.05, 4.69) is 44.9 Å². The Morgan fingerprint density at radius 2 is 1.68 bits per heavy atom. The number of rotatable bonds is 7. The number of hydrogen-bond donors (Lipinski definition) is 1. The maximum absolute atomic E-state index is 12.8. The van der Waals surface area contributed by atoms with Crippen molar-refractivity contribution in [1.82, 2.24) is 19.8 Å². The van der Waals surface area contributed by atoms with Gasteiger partial charge in [-0.1, -0.05) is 33.1 Å². The molecule has 1 unspecified atom stereocenters. The predicted octanol–water partition coefficient (Wildman–Crippen LogP) is 4.55. The van der Waals surface area contributed by atoms with Crippen molar-refractivity contribution in [2.45, 2.75) is 96.6 Å². The van der Waals surface area contributed by atoms with Gasteiger partial charge in [-0.15, -0.1) is 0 Å². The number of carbonyl (C=O) groups is 1. The van der Waals surface area contributed by atoms with Crippen LogP contribution in [-0.4, -0.2) is 77.0 Å². The van der Waals surface area contributed by atoms with Crippen molar-refractivity contribution in [2.24, 2.45) is 5.92 Å². The monoisotopic (exact) mass is 470 g/mol. The molecule has 4 rings (SSSR count). The highest BCUT2D eigenvalue weighted by Crippen LogP contribution is 2.24. The molecular weight excluding hydrogens is 424 g/mol. The maximum Gasteiger partial charge on any atom is 0.225 e. The zero-order valence-electron chi connectivity index (χ0n) is 21.6. The van der Waals surface area contributed by atoms with Crippen LogP contribution in [0.4, 0.5) is 11.8 Å². The molecule has 34 heavy (non-hydrogen) atoms. The molecule has 3 aliphatic heterocycles. The van der Waals surface area contributed by atoms with Gasteiger partial charge in [-0.2, -0.15) is 4.98 Å². The summed E-state index contributed by atoms with van der Waals surface area (Å²) in [5.41, 5.74) is 0. The summed E-state index contributed by atoms with van der Waals surface area (Å²) in [7, 11) is 0. The lowest BCUT2D eigenvalue weighted by atomic mass is 9.97. The van der Waals surface area contributed by atoms with Crippen molar-refractivity contribution >= 4 is 17.7 Å². The Hall–Kier alpha value is -1.89. The van der Waals surface area contributed by atoms with Gasteiger partial charge in [0.15, 0.2) is 0 Å². The van der Waals surface area contributed by atoms with E-state index in [0.717, 1.165) is 76.7 Å². The summed E-state index contributed by atoms with van der Waals surface area (Å²) < 4.78 is 0. The van der Waals surface area contributed by atoms with Crippen molar-refractivity contribution in [1.29, 1.82) is 0 Å². The van der Waals surface area contributed by atoms with Gasteiger partial charge in [-0.25, -0.2) is 4.98 Å². The number of carbonyl (C=O) groups excluding carboxylic acids is 1. The number of nitrogens with zero attached hydrogens (tertiary/aromatic N) is 5. The highest BCUT2D eigenvalue weighted by atomic mass is 16.2. The molecule has 3 saturated heterocycles. The minimum absolute atomic E-state index is 0.202. The normalized spacial score (nSPS) is 23.6. The van der Waals surface area contributed by atoms with E-state index in [0.29, 0.717) is 18.0 Å². The van der Waals surface area contributed by atoms with E-state index in [9.17, 15) is 4.79 Å². The number of amides is 1. The number of aromatic nitrogens is 2. The molecule has 3 aliphatic rings. The molecule has 190 valence electrons. The highest BCUT2D eigenvalue weighted by molar-refractivity contribution is 5.78. The van der Waals surface area contributed by atoms with E-state index < -0.39 is 0 Å². The van der Waals surface area contributed by atoms with Gasteiger partial charge >= 0.3 is 0 Å². The Bertz CT molecular complexity index is 753. The molecular formula is C27H46N6O. The number of likely N-dealkylation sites (tertiary alicyclic amines) is 2. The Morgan fingerprint density at radius 1 is 0.971 bits per heavy atom. The smallest absolute Gasteiger partial charge is 0.225 e. The lowest BCUT2D eigenvalue weighted by molar-refractivity contribution is -0.137. The second-order valence-electron chi connectivity index (χ2n) is 10.5. The SMILES string of the molecule is CCC(CC)C(=O)N1CCC(N2CCCCC(Nc3nccc(N4CCCCCC4)n3)C2)CC1. The van der Waals surface area contributed by atoms with E-state index in [1.165, 1.54) is 44.9 Å². The van der Waals surface area contributed by atoms with Crippen molar-refractivity contribution in [3.05, 3.63) is 12.3 Å². The fourth-order valence-electron chi connectivity index (χ4n) is 6.05. The predicted molar refractivity (Wildman–Crippen MR) is 139 cm³/mol. The van der Waals surface area contributed by atoms with Crippen LogP contribution in [0, 0.1) is 5.92 Å². The van der Waals surface area contributed by atoms with Crippen molar-refractivity contribution in [2.75, 3.05) is 49.5 Å². The minimum Gasteiger partial charge on any atom is -0.356 e. The quantitative estimate of drug-likeness (QED) is 0.631. The zero-order chi connectivity index (χ0) is 23.8. The zero-order valence-corrected chi connectivity index (χ0v) is 21.6. The first-order chi connectivity index (χ1) is 16.7. The topological polar surface area (TPSA) is 64.6 Å². The highest BCUT2D eigenvalue weighted by Gasteiger charge is 2.31. The third-order valence-electron chi connectivity index (χ3n) is 8.23. The number of hydrogen-bond acceptors (Lipinski definition) is 6. The number of nitrogens with one attached hydrogen (secondary N) is 1. The van der Waals surface area contributed by atoms with Crippen LogP contribution in [0.1, 0.15) is 84.5 Å². The third-order valence-corrected chi connectivity index (χ3v) is 8.23. The molecule has 1 N–H and O–H groups in total. The largest absolute Gasteiger partial charge is 0.356 e. The minimum atomic E-state index is 0.202. The summed E-state index contributed by atoms with van der Waals surface area (Å²) in [5, 5.41) is 3.69. The van der Waals surface area contributed by atoms with Crippen LogP contribution in [0.2, 0.25) is 0 Å². The van der Waals surface area contributed by atoms with E-state index in [4.69, 9.17) is 4.98 Å². The molecule has 0 radical (unpaired) electrons. The van der Waals surface area contributed by atoms with Gasteiger partial charge in [0.1, 0.15) is 5.82 Å². The average molecular weight is 471 g/mol. The second-order valence-corrected chi connectivity index (χ2v) is 10.5. The Balaban J connectivity index is 1.32. The van der Waals surface area contributed by atoms with Crippen molar-refractivity contribution < 1.29 is 4.79 Å². The van der Waals surface area contributed by atoms with Gasteiger partial charge in [0.2, 0.25) is 11.9 Å². The van der Waals surface area contributed by atoms with Crippen LogP contribution in [0.15, 0.2) is 12.3 Å². The average Bonchev–Trinajstić information content (AvgIpc) is 3.29. The summed E-state index contributed by atoms with van der Waals surface area (Å²) in [5.74, 6) is 2.42. The molecule has 4 heterocycles. The molecule has 0 aromatic carbocycles. The van der Waals surface area contributed by atoms with Gasteiger partial charge in [0, 0.05) is 56.9 Å². The molecule has 0 aliphatic carbocycles. The molecule has 1 aromatic rings. The summed E-state index contributed by atoms with van der Waals surface area (Å²) in [4.78, 5) is 29.5. The van der Waals surface area contributed by atoms with Crippen LogP contribution in [-0.2, 0) is 4.79 Å². The van der Waals surface area contributed by atoms with Crippen LogP contribution in [0.5, 0.6) is 0 Å². The van der Waals surface area contributed by atoms with Crippen molar-refractivity contribution in [3.8, 4) is 0 Å². The van der Waals surface area contributed by atoms with E-state index in [-0.39, 0.29) is 5.92 Å². The first-order valence-electron chi connectivity index (χ1n) is 14.0. The van der Waals surface area contributed by atoms with Gasteiger partial charge in [0.25, 0.3) is 0 Å². The van der Waals surface area contributed by atoms with Crippen LogP contribution >= 0.6 is 0 Å². The molecule has 7 nitrogen and oxygen atoms in total. The first kappa shape index (κ1) is 25.2. The van der Waals surface area contributed by atoms with Crippen molar-refractivity contribution in [3.63, 3.8) is 0 Å². The van der Waals surface area contributed by atoms with Crippen LogP contribution in [0.25, 0.3) is 0 Å². The fraction of sp³-hybridized carbons (Fsp3) is 0.815. The Labute approximate surface area is 206 Å². The van der Waals surface area contributed by atoms with E-state index in [1.807, 2.05) is 6.20 Å². The third kappa shape index (κ3) is 6.61. The standard InChI is InChI=1S/C27H46N6O/c1-3-22(4-2)26(34)32-19-13-24(14-20-32)33-18-10-7-11-23(21-33)29-27-28-15-12-25(30-27)31-16-8-5-6-9-17-31/h12,15,22-24H,3-11,13-14,16-21H2,1-2H3,(H,28,29,30). The van der Waals surface area contributed by atoms with E-state index in [1.54, 1.807) is 0 Å². The van der Waals surface area contributed by atoms with Gasteiger partial charge in [-0.3, -0.25) is 9.69 Å². The van der Waals surface area contributed by atoms with Gasteiger partial charge < -0.3 is 15.1 Å². The number of piperidine rings is 1. The lowest BCUT2D eigenvalue weighted by Crippen LogP contribution is -2.50. The molecule has 0 spiro atoms. The molecule has 3 fully saturated rings. The van der Waals surface area contributed by atoms with Gasteiger partial charge in [-0.05, 0) is 64.0 Å². The summed E-state index contributed by atoms with van der Waals surface area (Å²) in [6.45, 7) is 10.5. The van der Waals surface area contributed by atoms with Crippen LogP contribution in [0.3, 0.4) is 0 Å². The summed E-state index contributed by atoms with van der Waals surface area (Å²) in [6.07, 6.45) is 14.8. The molecule has 1 aromatic heterocycles. The Morgan fingerprint density at radius 3 is 2.38 bits per heavy atom. The second kappa shape index (κ2) is 12.7. The molecule has 1 amide bonds. The maximum atomic E-state index is 12.8. The molecule has 0 bridgehead atoms. The summed E-state index contributed by atoms with van der Waals surface area (Å²) in [6, 6.07) is 3.02. The summed E-state index contributed by atoms with van der Waals surface area (Å²) >= 11 is 0. The lowest BCUT2D eigenvalue weighted by Gasteiger charge is -2.40. The molecule has 7 heteroatoms. The first-order valence-corrected chi connectivity index (χ1v) is 14.0. The van der Waals surface area contributed by atoms with Crippen LogP contribution < -0.4 is 10.2 Å². The fourth-order valence-corrected chi connectivity index (χ4v) is 6.05. The molecule has 0 saturated carbocycles. The number of anilines is 2. The molecule has 1 atom stereocenters.